The minimum Gasteiger partial charge on any atom is -0.465 e. The molecular weight excluding hydrogens is 223 g/mol. The van der Waals surface area contributed by atoms with E-state index in [0.717, 1.165) is 11.0 Å². The highest BCUT2D eigenvalue weighted by Gasteiger charge is 2.37. The Labute approximate surface area is 89.1 Å². The molecule has 1 heterocycles. The molecule has 0 aromatic heterocycles. The molecule has 3 nitrogen and oxygen atoms in total. The number of hydrogen-bond acceptors (Lipinski definition) is 1. The van der Waals surface area contributed by atoms with Crippen molar-refractivity contribution in [2.45, 2.75) is 19.3 Å². The van der Waals surface area contributed by atoms with Gasteiger partial charge in [0.2, 0.25) is 0 Å². The molecule has 0 unspecified atom stereocenters. The normalized spacial score (nSPS) is 15.1. The largest absolute Gasteiger partial charge is 0.465 e. The fourth-order valence-electron chi connectivity index (χ4n) is 1.82. The van der Waals surface area contributed by atoms with Crippen molar-refractivity contribution >= 4 is 6.09 Å². The van der Waals surface area contributed by atoms with Crippen LogP contribution in [-0.4, -0.2) is 16.1 Å². The summed E-state index contributed by atoms with van der Waals surface area (Å²) in [4.78, 5) is 11.6. The average Bonchev–Trinajstić information content (AvgIpc) is 2.58. The number of carboxylic acid groups (broad SMARTS) is 1. The highest BCUT2D eigenvalue weighted by atomic mass is 19.4. The number of nitrogens with zero attached hydrogens (tertiary/aromatic N) is 1. The maximum Gasteiger partial charge on any atom is 0.416 e. The van der Waals surface area contributed by atoms with Crippen molar-refractivity contribution in [2.24, 2.45) is 0 Å². The van der Waals surface area contributed by atoms with E-state index in [0.29, 0.717) is 5.56 Å². The van der Waals surface area contributed by atoms with Crippen LogP contribution in [0.25, 0.3) is 0 Å². The van der Waals surface area contributed by atoms with Crippen LogP contribution in [-0.2, 0) is 19.3 Å². The van der Waals surface area contributed by atoms with Gasteiger partial charge in [-0.15, -0.1) is 0 Å². The van der Waals surface area contributed by atoms with Gasteiger partial charge in [-0.1, -0.05) is 12.1 Å². The van der Waals surface area contributed by atoms with Gasteiger partial charge in [0.1, 0.15) is 0 Å². The number of carbonyl (C=O) groups is 1. The highest BCUT2D eigenvalue weighted by Crippen LogP contribution is 2.36. The van der Waals surface area contributed by atoms with Gasteiger partial charge in [0.25, 0.3) is 0 Å². The van der Waals surface area contributed by atoms with Gasteiger partial charge < -0.3 is 5.11 Å². The van der Waals surface area contributed by atoms with E-state index < -0.39 is 17.8 Å². The Kier molecular flexibility index (Phi) is 2.29. The van der Waals surface area contributed by atoms with Crippen LogP contribution in [0, 0.1) is 0 Å². The Morgan fingerprint density at radius 2 is 2.00 bits per heavy atom. The standard InChI is InChI=1S/C10H8F3NO2/c11-10(12,13)8-3-1-2-6-4-14(9(15)16)5-7(6)8/h1-3H,4-5H2,(H,15,16). The minimum atomic E-state index is -4.43. The summed E-state index contributed by atoms with van der Waals surface area (Å²) < 4.78 is 37.8. The van der Waals surface area contributed by atoms with Crippen LogP contribution in [0.4, 0.5) is 18.0 Å². The molecule has 0 aliphatic carbocycles. The molecule has 0 radical (unpaired) electrons. The topological polar surface area (TPSA) is 40.5 Å². The zero-order valence-corrected chi connectivity index (χ0v) is 8.08. The average molecular weight is 231 g/mol. The number of amides is 1. The summed E-state index contributed by atoms with van der Waals surface area (Å²) in [5.74, 6) is 0. The lowest BCUT2D eigenvalue weighted by molar-refractivity contribution is -0.138. The minimum absolute atomic E-state index is 0.0224. The van der Waals surface area contributed by atoms with Crippen LogP contribution in [0.5, 0.6) is 0 Å². The van der Waals surface area contributed by atoms with E-state index in [2.05, 4.69) is 0 Å². The highest BCUT2D eigenvalue weighted by molar-refractivity contribution is 5.66. The van der Waals surface area contributed by atoms with Crippen molar-refractivity contribution in [2.75, 3.05) is 0 Å². The number of hydrogen-bond donors (Lipinski definition) is 1. The van der Waals surface area contributed by atoms with E-state index in [9.17, 15) is 18.0 Å². The van der Waals surface area contributed by atoms with Crippen LogP contribution in [0.1, 0.15) is 16.7 Å². The van der Waals surface area contributed by atoms with Gasteiger partial charge in [-0.05, 0) is 17.2 Å². The maximum absolute atomic E-state index is 12.6. The van der Waals surface area contributed by atoms with Crippen LogP contribution in [0.2, 0.25) is 0 Å². The van der Waals surface area contributed by atoms with E-state index in [4.69, 9.17) is 5.11 Å². The summed E-state index contributed by atoms with van der Waals surface area (Å²) in [6.07, 6.45) is -5.64. The van der Waals surface area contributed by atoms with Crippen molar-refractivity contribution in [1.82, 2.24) is 4.90 Å². The molecule has 6 heteroatoms. The van der Waals surface area contributed by atoms with Gasteiger partial charge >= 0.3 is 12.3 Å². The van der Waals surface area contributed by atoms with Gasteiger partial charge in [-0.3, -0.25) is 4.90 Å². The zero-order chi connectivity index (χ0) is 11.9. The molecule has 1 amide bonds. The smallest absolute Gasteiger partial charge is 0.416 e. The molecule has 0 fully saturated rings. The number of benzene rings is 1. The molecule has 0 atom stereocenters. The fourth-order valence-corrected chi connectivity index (χ4v) is 1.82. The first-order valence-electron chi connectivity index (χ1n) is 4.55. The molecule has 2 rings (SSSR count). The lowest BCUT2D eigenvalue weighted by Gasteiger charge is -2.12. The van der Waals surface area contributed by atoms with Crippen molar-refractivity contribution in [1.29, 1.82) is 0 Å². The van der Waals surface area contributed by atoms with Crippen LogP contribution >= 0.6 is 0 Å². The first-order valence-corrected chi connectivity index (χ1v) is 4.55. The van der Waals surface area contributed by atoms with Crippen molar-refractivity contribution in [3.8, 4) is 0 Å². The molecule has 16 heavy (non-hydrogen) atoms. The first-order chi connectivity index (χ1) is 7.39. The molecular formula is C10H8F3NO2. The molecule has 1 aliphatic rings. The zero-order valence-electron chi connectivity index (χ0n) is 8.08. The summed E-state index contributed by atoms with van der Waals surface area (Å²) >= 11 is 0. The summed E-state index contributed by atoms with van der Waals surface area (Å²) in [5, 5.41) is 8.72. The number of fused-ring (bicyclic) bond motifs is 1. The maximum atomic E-state index is 12.6. The Balaban J connectivity index is 2.42. The lowest BCUT2D eigenvalue weighted by atomic mass is 10.0. The van der Waals surface area contributed by atoms with Gasteiger partial charge in [0.15, 0.2) is 0 Å². The molecule has 1 aromatic carbocycles. The van der Waals surface area contributed by atoms with E-state index in [-0.39, 0.29) is 18.7 Å². The van der Waals surface area contributed by atoms with Crippen LogP contribution in [0.15, 0.2) is 18.2 Å². The predicted molar refractivity (Wildman–Crippen MR) is 48.7 cm³/mol. The second-order valence-corrected chi connectivity index (χ2v) is 3.58. The van der Waals surface area contributed by atoms with E-state index in [1.807, 2.05) is 0 Å². The van der Waals surface area contributed by atoms with Crippen LogP contribution < -0.4 is 0 Å². The molecule has 0 saturated carbocycles. The predicted octanol–water partition coefficient (Wildman–Crippen LogP) is 2.70. The van der Waals surface area contributed by atoms with Crippen molar-refractivity contribution < 1.29 is 23.1 Å². The molecule has 0 saturated heterocycles. The second-order valence-electron chi connectivity index (χ2n) is 3.58. The molecule has 0 spiro atoms. The first kappa shape index (κ1) is 10.8. The SMILES string of the molecule is O=C(O)N1Cc2cccc(C(F)(F)F)c2C1. The van der Waals surface area contributed by atoms with Crippen LogP contribution in [0.3, 0.4) is 0 Å². The van der Waals surface area contributed by atoms with E-state index in [1.165, 1.54) is 12.1 Å². The lowest BCUT2D eigenvalue weighted by Crippen LogP contribution is -2.23. The number of rotatable bonds is 0. The van der Waals surface area contributed by atoms with Crippen molar-refractivity contribution in [3.05, 3.63) is 34.9 Å². The van der Waals surface area contributed by atoms with Crippen molar-refractivity contribution in [3.63, 3.8) is 0 Å². The molecule has 1 N–H and O–H groups in total. The van der Waals surface area contributed by atoms with Gasteiger partial charge in [0.05, 0.1) is 12.1 Å². The van der Waals surface area contributed by atoms with Gasteiger partial charge in [0, 0.05) is 6.54 Å². The number of alkyl halides is 3. The van der Waals surface area contributed by atoms with E-state index >= 15 is 0 Å². The van der Waals surface area contributed by atoms with Gasteiger partial charge in [-0.25, -0.2) is 4.79 Å². The number of halogens is 3. The third-order valence-corrected chi connectivity index (χ3v) is 2.56. The Bertz CT molecular complexity index is 442. The third kappa shape index (κ3) is 1.70. The molecule has 1 aromatic rings. The second kappa shape index (κ2) is 3.40. The molecule has 0 bridgehead atoms. The molecule has 86 valence electrons. The summed E-state index contributed by atoms with van der Waals surface area (Å²) in [6, 6.07) is 3.80. The summed E-state index contributed by atoms with van der Waals surface area (Å²) in [7, 11) is 0. The van der Waals surface area contributed by atoms with E-state index in [1.54, 1.807) is 0 Å². The monoisotopic (exact) mass is 231 g/mol. The summed E-state index contributed by atoms with van der Waals surface area (Å²) in [5.41, 5.74) is -0.247. The Hall–Kier alpha value is -1.72. The fraction of sp³-hybridized carbons (Fsp3) is 0.300. The third-order valence-electron chi connectivity index (χ3n) is 2.56. The summed E-state index contributed by atoms with van der Waals surface area (Å²) in [6.45, 7) is -0.172. The van der Waals surface area contributed by atoms with Gasteiger partial charge in [-0.2, -0.15) is 13.2 Å². The quantitative estimate of drug-likeness (QED) is 0.745. The Morgan fingerprint density at radius 3 is 2.56 bits per heavy atom. The Morgan fingerprint density at radius 1 is 1.31 bits per heavy atom. The molecule has 1 aliphatic heterocycles.